The first kappa shape index (κ1) is 16.2. The summed E-state index contributed by atoms with van der Waals surface area (Å²) in [5.74, 6) is 0.264. The summed E-state index contributed by atoms with van der Waals surface area (Å²) >= 11 is 0. The summed E-state index contributed by atoms with van der Waals surface area (Å²) in [6.45, 7) is 6.48. The summed E-state index contributed by atoms with van der Waals surface area (Å²) in [5.41, 5.74) is 0. The maximum absolute atomic E-state index is 12.4. The van der Waals surface area contributed by atoms with Crippen LogP contribution in [0.4, 0.5) is 0 Å². The lowest BCUT2D eigenvalue weighted by atomic mass is 10.0. The van der Waals surface area contributed by atoms with E-state index in [0.717, 1.165) is 45.5 Å². The van der Waals surface area contributed by atoms with E-state index in [1.807, 2.05) is 0 Å². The largest absolute Gasteiger partial charge is 0.377 e. The molecule has 0 saturated carbocycles. The third kappa shape index (κ3) is 4.43. The van der Waals surface area contributed by atoms with Crippen LogP contribution >= 0.6 is 0 Å². The average Bonchev–Trinajstić information content (AvgIpc) is 3.09. The molecule has 0 aromatic heterocycles. The van der Waals surface area contributed by atoms with Crippen molar-refractivity contribution in [3.8, 4) is 0 Å². The zero-order valence-electron chi connectivity index (χ0n) is 13.8. The molecule has 22 heavy (non-hydrogen) atoms. The Balaban J connectivity index is 1.39. The fourth-order valence-electron chi connectivity index (χ4n) is 4.02. The van der Waals surface area contributed by atoms with Crippen LogP contribution < -0.4 is 5.32 Å². The Kier molecular flexibility index (Phi) is 6.10. The summed E-state index contributed by atoms with van der Waals surface area (Å²) in [7, 11) is 0. The number of carbonyl (C=O) groups excluding carboxylic acids is 1. The molecule has 5 nitrogen and oxygen atoms in total. The summed E-state index contributed by atoms with van der Waals surface area (Å²) in [6.07, 6.45) is 9.03. The van der Waals surface area contributed by atoms with Crippen molar-refractivity contribution >= 4 is 5.91 Å². The summed E-state index contributed by atoms with van der Waals surface area (Å²) in [5, 5.41) is 3.29. The van der Waals surface area contributed by atoms with Gasteiger partial charge in [-0.25, -0.2) is 0 Å². The lowest BCUT2D eigenvalue weighted by Gasteiger charge is -2.41. The Hall–Kier alpha value is -0.650. The summed E-state index contributed by atoms with van der Waals surface area (Å²) in [6, 6.07) is 0.594. The number of piperidine rings is 2. The fraction of sp³-hybridized carbons (Fsp3) is 0.941. The van der Waals surface area contributed by atoms with E-state index in [0.29, 0.717) is 18.7 Å². The van der Waals surface area contributed by atoms with E-state index >= 15 is 0 Å². The van der Waals surface area contributed by atoms with Gasteiger partial charge in [-0.2, -0.15) is 0 Å². The van der Waals surface area contributed by atoms with Crippen LogP contribution in [0.15, 0.2) is 0 Å². The highest BCUT2D eigenvalue weighted by Gasteiger charge is 2.28. The molecule has 1 N–H and O–H groups in total. The first-order chi connectivity index (χ1) is 10.8. The predicted molar refractivity (Wildman–Crippen MR) is 86.9 cm³/mol. The van der Waals surface area contributed by atoms with Gasteiger partial charge in [0.25, 0.3) is 0 Å². The lowest BCUT2D eigenvalue weighted by Crippen LogP contribution is -2.52. The maximum Gasteiger partial charge on any atom is 0.236 e. The van der Waals surface area contributed by atoms with Crippen molar-refractivity contribution in [2.24, 2.45) is 0 Å². The highest BCUT2D eigenvalue weighted by Crippen LogP contribution is 2.20. The van der Waals surface area contributed by atoms with Gasteiger partial charge in [-0.3, -0.25) is 9.69 Å². The molecule has 1 amide bonds. The number of ether oxygens (including phenoxy) is 1. The lowest BCUT2D eigenvalue weighted by molar-refractivity contribution is -0.132. The number of likely N-dealkylation sites (tertiary alicyclic amines) is 2. The van der Waals surface area contributed by atoms with E-state index < -0.39 is 0 Å². The van der Waals surface area contributed by atoms with Crippen LogP contribution in [0, 0.1) is 0 Å². The topological polar surface area (TPSA) is 44.8 Å². The van der Waals surface area contributed by atoms with Crippen molar-refractivity contribution in [2.45, 2.75) is 57.1 Å². The van der Waals surface area contributed by atoms with Crippen LogP contribution in [0.2, 0.25) is 0 Å². The number of amides is 1. The minimum Gasteiger partial charge on any atom is -0.377 e. The molecule has 5 heteroatoms. The van der Waals surface area contributed by atoms with E-state index in [2.05, 4.69) is 15.1 Å². The molecule has 3 heterocycles. The third-order valence-electron chi connectivity index (χ3n) is 5.33. The molecule has 0 spiro atoms. The summed E-state index contributed by atoms with van der Waals surface area (Å²) in [4.78, 5) is 17.1. The van der Waals surface area contributed by atoms with Gasteiger partial charge in [-0.05, 0) is 51.6 Å². The van der Waals surface area contributed by atoms with Gasteiger partial charge >= 0.3 is 0 Å². The van der Waals surface area contributed by atoms with Gasteiger partial charge < -0.3 is 15.0 Å². The first-order valence-corrected chi connectivity index (χ1v) is 9.17. The SMILES string of the molecule is O=C(CNC[C@@H]1CCCO1)N1CCC[C@H](N2CCCCC2)C1. The van der Waals surface area contributed by atoms with Gasteiger partial charge in [0.2, 0.25) is 5.91 Å². The third-order valence-corrected chi connectivity index (χ3v) is 5.33. The molecule has 0 radical (unpaired) electrons. The van der Waals surface area contributed by atoms with Crippen molar-refractivity contribution in [1.82, 2.24) is 15.1 Å². The number of carbonyl (C=O) groups is 1. The van der Waals surface area contributed by atoms with E-state index in [1.54, 1.807) is 0 Å². The fourth-order valence-corrected chi connectivity index (χ4v) is 4.02. The van der Waals surface area contributed by atoms with E-state index in [-0.39, 0.29) is 5.91 Å². The molecule has 3 fully saturated rings. The van der Waals surface area contributed by atoms with Crippen LogP contribution in [0.3, 0.4) is 0 Å². The first-order valence-electron chi connectivity index (χ1n) is 9.17. The molecule has 3 aliphatic rings. The minimum atomic E-state index is 0.264. The van der Waals surface area contributed by atoms with Gasteiger partial charge in [0.05, 0.1) is 12.6 Å². The monoisotopic (exact) mass is 309 g/mol. The molecule has 3 rings (SSSR count). The summed E-state index contributed by atoms with van der Waals surface area (Å²) < 4.78 is 5.58. The molecule has 0 bridgehead atoms. The Morgan fingerprint density at radius 1 is 1.05 bits per heavy atom. The molecule has 2 atom stereocenters. The van der Waals surface area contributed by atoms with Gasteiger partial charge in [-0.15, -0.1) is 0 Å². The molecule has 3 saturated heterocycles. The number of nitrogens with one attached hydrogen (secondary N) is 1. The smallest absolute Gasteiger partial charge is 0.236 e. The van der Waals surface area contributed by atoms with Crippen LogP contribution in [0.25, 0.3) is 0 Å². The Morgan fingerprint density at radius 3 is 2.68 bits per heavy atom. The zero-order chi connectivity index (χ0) is 15.2. The van der Waals surface area contributed by atoms with Crippen molar-refractivity contribution in [3.63, 3.8) is 0 Å². The maximum atomic E-state index is 12.4. The van der Waals surface area contributed by atoms with Gasteiger partial charge in [0.1, 0.15) is 0 Å². The standard InChI is InChI=1S/C17H31N3O2/c21-17(13-18-12-16-7-5-11-22-16)20-10-4-6-15(14-20)19-8-2-1-3-9-19/h15-16,18H,1-14H2/t15-,16-/m0/s1. The van der Waals surface area contributed by atoms with E-state index in [1.165, 1.54) is 38.8 Å². The van der Waals surface area contributed by atoms with Gasteiger partial charge in [-0.1, -0.05) is 6.42 Å². The minimum absolute atomic E-state index is 0.264. The van der Waals surface area contributed by atoms with Crippen LogP contribution in [-0.4, -0.2) is 73.7 Å². The second kappa shape index (κ2) is 8.27. The van der Waals surface area contributed by atoms with Gasteiger partial charge in [0.15, 0.2) is 0 Å². The highest BCUT2D eigenvalue weighted by atomic mass is 16.5. The molecular weight excluding hydrogens is 278 g/mol. The van der Waals surface area contributed by atoms with Crippen molar-refractivity contribution in [2.75, 3.05) is 45.9 Å². The quantitative estimate of drug-likeness (QED) is 0.830. The Labute approximate surface area is 134 Å². The molecular formula is C17H31N3O2. The van der Waals surface area contributed by atoms with E-state index in [9.17, 15) is 4.79 Å². The Bertz CT molecular complexity index is 352. The van der Waals surface area contributed by atoms with Crippen molar-refractivity contribution in [3.05, 3.63) is 0 Å². The normalized spacial score (nSPS) is 30.6. The Morgan fingerprint density at radius 2 is 1.91 bits per heavy atom. The molecule has 0 aromatic rings. The van der Waals surface area contributed by atoms with Gasteiger partial charge in [0, 0.05) is 32.3 Å². The highest BCUT2D eigenvalue weighted by molar-refractivity contribution is 5.78. The molecule has 0 aromatic carbocycles. The zero-order valence-corrected chi connectivity index (χ0v) is 13.8. The molecule has 0 aliphatic carbocycles. The van der Waals surface area contributed by atoms with Crippen LogP contribution in [-0.2, 0) is 9.53 Å². The second-order valence-corrected chi connectivity index (χ2v) is 7.00. The number of hydrogen-bond donors (Lipinski definition) is 1. The van der Waals surface area contributed by atoms with Crippen molar-refractivity contribution < 1.29 is 9.53 Å². The second-order valence-electron chi connectivity index (χ2n) is 7.00. The van der Waals surface area contributed by atoms with Crippen LogP contribution in [0.5, 0.6) is 0 Å². The predicted octanol–water partition coefficient (Wildman–Crippen LogP) is 1.23. The number of hydrogen-bond acceptors (Lipinski definition) is 4. The van der Waals surface area contributed by atoms with Crippen LogP contribution in [0.1, 0.15) is 44.9 Å². The van der Waals surface area contributed by atoms with E-state index in [4.69, 9.17) is 4.74 Å². The molecule has 126 valence electrons. The van der Waals surface area contributed by atoms with Crippen molar-refractivity contribution in [1.29, 1.82) is 0 Å². The average molecular weight is 309 g/mol. The number of rotatable bonds is 5. The molecule has 0 unspecified atom stereocenters. The number of nitrogens with zero attached hydrogens (tertiary/aromatic N) is 2. The molecule has 3 aliphatic heterocycles.